The number of piperidine rings is 1. The number of imide groups is 1. The molecule has 0 radical (unpaired) electrons. The van der Waals surface area contributed by atoms with Crippen LogP contribution >= 0.6 is 0 Å². The summed E-state index contributed by atoms with van der Waals surface area (Å²) in [5.74, 6) is -1.57. The normalized spacial score (nSPS) is 19.2. The van der Waals surface area contributed by atoms with Crippen LogP contribution in [0.4, 0.5) is 0 Å². The summed E-state index contributed by atoms with van der Waals surface area (Å²) in [7, 11) is 0. The largest absolute Gasteiger partial charge is 0.340 e. The van der Waals surface area contributed by atoms with Crippen LogP contribution in [0.2, 0.25) is 0 Å². The number of nitrogens with zero attached hydrogens (tertiary/aromatic N) is 1. The zero-order chi connectivity index (χ0) is 15.1. The Bertz CT molecular complexity index is 520. The number of carbonyl (C=O) groups is 3. The molecular weight excluding hydrogens is 274 g/mol. The molecule has 1 heterocycles. The molecule has 114 valence electrons. The fourth-order valence-corrected chi connectivity index (χ4v) is 1.71. The number of hydrogen-bond acceptors (Lipinski definition) is 5. The van der Waals surface area contributed by atoms with Crippen molar-refractivity contribution < 1.29 is 14.4 Å². The second-order valence-electron chi connectivity index (χ2n) is 4.07. The van der Waals surface area contributed by atoms with Gasteiger partial charge in [-0.3, -0.25) is 19.7 Å². The number of nitroso groups, excluding NO2 is 1. The van der Waals surface area contributed by atoms with E-state index in [2.05, 4.69) is 22.4 Å². The second kappa shape index (κ2) is 8.57. The molecule has 3 amide bonds. The van der Waals surface area contributed by atoms with Crippen LogP contribution in [0.15, 0.2) is 41.3 Å². The fourth-order valence-electron chi connectivity index (χ4n) is 1.71. The van der Waals surface area contributed by atoms with E-state index in [0.717, 1.165) is 0 Å². The van der Waals surface area contributed by atoms with Gasteiger partial charge in [-0.2, -0.15) is 0 Å². The zero-order valence-electron chi connectivity index (χ0n) is 11.0. The molecule has 2 N–H and O–H groups in total. The van der Waals surface area contributed by atoms with Gasteiger partial charge in [0.25, 0.3) is 5.91 Å². The highest BCUT2D eigenvalue weighted by Crippen LogP contribution is 2.11. The third kappa shape index (κ3) is 4.79. The first-order chi connectivity index (χ1) is 9.53. The average Bonchev–Trinajstić information content (AvgIpc) is 2.41. The minimum Gasteiger partial charge on any atom is -0.340 e. The maximum absolute atomic E-state index is 12.0. The molecule has 0 spiro atoms. The summed E-state index contributed by atoms with van der Waals surface area (Å²) in [6.07, 6.45) is 4.48. The Labute approximate surface area is 123 Å². The molecule has 7 heteroatoms. The Hall–Kier alpha value is -2.57. The van der Waals surface area contributed by atoms with Crippen molar-refractivity contribution in [2.24, 2.45) is 5.18 Å². The number of nitrogens with one attached hydrogen (secondary N) is 2. The topological polar surface area (TPSA) is 105 Å². The minimum atomic E-state index is -0.811. The standard InChI is InChI=1S/C13H15N3O4.CH4/c1-3-5-9(16-20)8(4-2)12(18)14-10-6-7-11(17)15-13(10)19;/h3-5,10H,2,6-7H2,1H3,(H,14,18)(H,15,17,19);1H4/b5-3-,9-8-;. The van der Waals surface area contributed by atoms with Crippen LogP contribution in [-0.4, -0.2) is 23.8 Å². The van der Waals surface area contributed by atoms with Crippen molar-refractivity contribution in [2.45, 2.75) is 33.2 Å². The van der Waals surface area contributed by atoms with Gasteiger partial charge in [-0.15, -0.1) is 4.91 Å². The quantitative estimate of drug-likeness (QED) is 0.345. The van der Waals surface area contributed by atoms with E-state index in [1.165, 1.54) is 12.2 Å². The van der Waals surface area contributed by atoms with E-state index in [-0.39, 0.29) is 37.4 Å². The number of carbonyl (C=O) groups excluding carboxylic acids is 3. The van der Waals surface area contributed by atoms with Gasteiger partial charge in [0.2, 0.25) is 11.8 Å². The molecule has 0 aromatic heterocycles. The summed E-state index contributed by atoms with van der Waals surface area (Å²) in [6, 6.07) is -0.811. The van der Waals surface area contributed by atoms with Crippen molar-refractivity contribution in [2.75, 3.05) is 0 Å². The van der Waals surface area contributed by atoms with Gasteiger partial charge < -0.3 is 5.32 Å². The lowest BCUT2D eigenvalue weighted by Crippen LogP contribution is -2.52. The van der Waals surface area contributed by atoms with Gasteiger partial charge in [-0.1, -0.05) is 26.2 Å². The van der Waals surface area contributed by atoms with E-state index >= 15 is 0 Å². The highest BCUT2D eigenvalue weighted by molar-refractivity contribution is 6.04. The van der Waals surface area contributed by atoms with Gasteiger partial charge in [0.15, 0.2) is 0 Å². The van der Waals surface area contributed by atoms with E-state index in [0.29, 0.717) is 0 Å². The van der Waals surface area contributed by atoms with Gasteiger partial charge in [-0.25, -0.2) is 0 Å². The van der Waals surface area contributed by atoms with Gasteiger partial charge >= 0.3 is 0 Å². The molecule has 1 rings (SSSR count). The molecule has 21 heavy (non-hydrogen) atoms. The molecular formula is C14H19N3O4. The van der Waals surface area contributed by atoms with E-state index in [4.69, 9.17) is 0 Å². The van der Waals surface area contributed by atoms with Crippen LogP contribution in [0, 0.1) is 4.91 Å². The van der Waals surface area contributed by atoms with Crippen LogP contribution in [0.25, 0.3) is 0 Å². The highest BCUT2D eigenvalue weighted by Gasteiger charge is 2.28. The fraction of sp³-hybridized carbons (Fsp3) is 0.357. The number of rotatable bonds is 5. The summed E-state index contributed by atoms with van der Waals surface area (Å²) in [4.78, 5) is 45.2. The van der Waals surface area contributed by atoms with E-state index in [9.17, 15) is 19.3 Å². The lowest BCUT2D eigenvalue weighted by molar-refractivity contribution is -0.136. The summed E-state index contributed by atoms with van der Waals surface area (Å²) < 4.78 is 0. The van der Waals surface area contributed by atoms with Crippen molar-refractivity contribution in [3.05, 3.63) is 41.0 Å². The number of allylic oxidation sites excluding steroid dienone is 2. The highest BCUT2D eigenvalue weighted by atomic mass is 16.3. The maximum atomic E-state index is 12.0. The first kappa shape index (κ1) is 18.4. The van der Waals surface area contributed by atoms with Crippen LogP contribution in [0.3, 0.4) is 0 Å². The van der Waals surface area contributed by atoms with Gasteiger partial charge in [0.1, 0.15) is 11.7 Å². The molecule has 1 aliphatic rings. The first-order valence-corrected chi connectivity index (χ1v) is 6.00. The molecule has 1 saturated heterocycles. The van der Waals surface area contributed by atoms with E-state index in [1.54, 1.807) is 13.0 Å². The molecule has 7 nitrogen and oxygen atoms in total. The average molecular weight is 293 g/mol. The number of amides is 3. The van der Waals surface area contributed by atoms with Gasteiger partial charge in [0, 0.05) is 6.42 Å². The number of hydrogen-bond donors (Lipinski definition) is 2. The first-order valence-electron chi connectivity index (χ1n) is 6.00. The Balaban J connectivity index is 0.00000400. The predicted octanol–water partition coefficient (Wildman–Crippen LogP) is 1.33. The molecule has 0 aliphatic carbocycles. The SMILES string of the molecule is C.C=C/C(C(=O)NC1CCC(=O)NC1=O)=C(\C=C/C)N=O. The van der Waals surface area contributed by atoms with Crippen molar-refractivity contribution in [1.82, 2.24) is 10.6 Å². The third-order valence-corrected chi connectivity index (χ3v) is 2.69. The third-order valence-electron chi connectivity index (χ3n) is 2.69. The van der Waals surface area contributed by atoms with Gasteiger partial charge in [-0.05, 0) is 24.6 Å². The molecule has 0 bridgehead atoms. The van der Waals surface area contributed by atoms with Crippen LogP contribution in [0.5, 0.6) is 0 Å². The van der Waals surface area contributed by atoms with Crippen LogP contribution < -0.4 is 10.6 Å². The van der Waals surface area contributed by atoms with Crippen molar-refractivity contribution in [3.63, 3.8) is 0 Å². The molecule has 0 saturated carbocycles. The summed E-state index contributed by atoms with van der Waals surface area (Å²) >= 11 is 0. The lowest BCUT2D eigenvalue weighted by Gasteiger charge is -2.22. The molecule has 1 aliphatic heterocycles. The van der Waals surface area contributed by atoms with Crippen molar-refractivity contribution in [1.29, 1.82) is 0 Å². The van der Waals surface area contributed by atoms with Crippen LogP contribution in [0.1, 0.15) is 27.2 Å². The Morgan fingerprint density at radius 2 is 2.14 bits per heavy atom. The second-order valence-corrected chi connectivity index (χ2v) is 4.07. The van der Waals surface area contributed by atoms with Gasteiger partial charge in [0.05, 0.1) is 5.57 Å². The Morgan fingerprint density at radius 1 is 1.48 bits per heavy atom. The Kier molecular flexibility index (Phi) is 7.52. The molecule has 1 fully saturated rings. The molecule has 0 aromatic carbocycles. The molecule has 0 aromatic rings. The lowest BCUT2D eigenvalue weighted by atomic mass is 10.1. The monoisotopic (exact) mass is 293 g/mol. The summed E-state index contributed by atoms with van der Waals surface area (Å²) in [6.45, 7) is 5.12. The molecule has 1 unspecified atom stereocenters. The van der Waals surface area contributed by atoms with Crippen molar-refractivity contribution >= 4 is 17.7 Å². The predicted molar refractivity (Wildman–Crippen MR) is 78.9 cm³/mol. The maximum Gasteiger partial charge on any atom is 0.254 e. The van der Waals surface area contributed by atoms with E-state index < -0.39 is 17.9 Å². The minimum absolute atomic E-state index is 0. The molecule has 1 atom stereocenters. The summed E-state index contributed by atoms with van der Waals surface area (Å²) in [5, 5.41) is 7.32. The van der Waals surface area contributed by atoms with E-state index in [1.807, 2.05) is 0 Å². The zero-order valence-corrected chi connectivity index (χ0v) is 11.0. The Morgan fingerprint density at radius 3 is 2.62 bits per heavy atom. The summed E-state index contributed by atoms with van der Waals surface area (Å²) in [5.41, 5.74) is -0.102. The van der Waals surface area contributed by atoms with Crippen LogP contribution in [-0.2, 0) is 14.4 Å². The van der Waals surface area contributed by atoms with Crippen molar-refractivity contribution in [3.8, 4) is 0 Å². The smallest absolute Gasteiger partial charge is 0.254 e.